The Morgan fingerprint density at radius 1 is 1.53 bits per heavy atom. The van der Waals surface area contributed by atoms with Crippen LogP contribution in [0.25, 0.3) is 6.08 Å². The number of aryl methyl sites for hydroxylation is 2. The molecule has 1 amide bonds. The van der Waals surface area contributed by atoms with Crippen LogP contribution in [0.15, 0.2) is 35.0 Å². The van der Waals surface area contributed by atoms with Crippen molar-refractivity contribution in [2.75, 3.05) is 7.05 Å². The van der Waals surface area contributed by atoms with Crippen LogP contribution < -0.4 is 0 Å². The molecule has 0 N–H and O–H groups in total. The summed E-state index contributed by atoms with van der Waals surface area (Å²) in [6, 6.07) is 3.70. The van der Waals surface area contributed by atoms with Crippen molar-refractivity contribution in [2.24, 2.45) is 7.05 Å². The summed E-state index contributed by atoms with van der Waals surface area (Å²) >= 11 is 0. The third kappa shape index (κ3) is 3.58. The quantitative estimate of drug-likeness (QED) is 0.789. The molecule has 0 saturated heterocycles. The number of likely N-dealkylation sites (N-methyl/N-ethyl adjacent to an activating group) is 1. The van der Waals surface area contributed by atoms with Gasteiger partial charge in [-0.3, -0.25) is 9.48 Å². The third-order valence-electron chi connectivity index (χ3n) is 2.71. The van der Waals surface area contributed by atoms with Crippen LogP contribution in [0.1, 0.15) is 17.1 Å². The molecule has 2 heterocycles. The second kappa shape index (κ2) is 5.56. The Hall–Kier alpha value is -2.30. The Bertz CT molecular complexity index is 595. The first kappa shape index (κ1) is 13.1. The largest absolute Gasteiger partial charge is 0.462 e. The van der Waals surface area contributed by atoms with E-state index in [9.17, 15) is 4.79 Å². The van der Waals surface area contributed by atoms with E-state index in [1.807, 2.05) is 32.3 Å². The van der Waals surface area contributed by atoms with Crippen LogP contribution in [0.3, 0.4) is 0 Å². The zero-order valence-corrected chi connectivity index (χ0v) is 11.3. The monoisotopic (exact) mass is 259 g/mol. The molecule has 0 unspecified atom stereocenters. The van der Waals surface area contributed by atoms with Gasteiger partial charge in [-0.1, -0.05) is 0 Å². The summed E-state index contributed by atoms with van der Waals surface area (Å²) in [4.78, 5) is 13.5. The SMILES string of the molecule is Cc1ccc(/C=C/C(=O)N(C)Cc2cnn(C)c2)o1. The molecule has 0 spiro atoms. The summed E-state index contributed by atoms with van der Waals surface area (Å²) in [5.74, 6) is 1.44. The van der Waals surface area contributed by atoms with Crippen LogP contribution in [0.2, 0.25) is 0 Å². The molecule has 0 atom stereocenters. The van der Waals surface area contributed by atoms with Gasteiger partial charge in [0.1, 0.15) is 11.5 Å². The van der Waals surface area contributed by atoms with Crippen LogP contribution in [0.4, 0.5) is 0 Å². The van der Waals surface area contributed by atoms with Gasteiger partial charge in [0, 0.05) is 38.5 Å². The molecule has 2 aromatic heterocycles. The van der Waals surface area contributed by atoms with Crippen molar-refractivity contribution in [2.45, 2.75) is 13.5 Å². The van der Waals surface area contributed by atoms with Gasteiger partial charge in [-0.05, 0) is 25.1 Å². The van der Waals surface area contributed by atoms with Crippen LogP contribution >= 0.6 is 0 Å². The first-order valence-corrected chi connectivity index (χ1v) is 6.02. The highest BCUT2D eigenvalue weighted by molar-refractivity contribution is 5.91. The van der Waals surface area contributed by atoms with E-state index in [2.05, 4.69) is 5.10 Å². The van der Waals surface area contributed by atoms with E-state index in [0.717, 1.165) is 11.3 Å². The maximum absolute atomic E-state index is 11.9. The maximum Gasteiger partial charge on any atom is 0.246 e. The van der Waals surface area contributed by atoms with E-state index < -0.39 is 0 Å². The molecule has 0 aliphatic heterocycles. The van der Waals surface area contributed by atoms with Gasteiger partial charge in [0.05, 0.1) is 6.20 Å². The minimum atomic E-state index is -0.0714. The molecule has 2 rings (SSSR count). The van der Waals surface area contributed by atoms with Gasteiger partial charge in [0.15, 0.2) is 0 Å². The standard InChI is InChI=1S/C14H17N3O2/c1-11-4-5-13(19-11)6-7-14(18)16(2)9-12-8-15-17(3)10-12/h4-8,10H,9H2,1-3H3/b7-6+. The fraction of sp³-hybridized carbons (Fsp3) is 0.286. The predicted octanol–water partition coefficient (Wildman–Crippen LogP) is 1.99. The molecule has 0 aromatic carbocycles. The van der Waals surface area contributed by atoms with Crippen molar-refractivity contribution in [3.05, 3.63) is 47.7 Å². The molecule has 0 saturated carbocycles. The molecular weight excluding hydrogens is 242 g/mol. The zero-order chi connectivity index (χ0) is 13.8. The molecule has 0 aliphatic rings. The van der Waals surface area contributed by atoms with Crippen molar-refractivity contribution in [3.63, 3.8) is 0 Å². The maximum atomic E-state index is 11.9. The van der Waals surface area contributed by atoms with Gasteiger partial charge in [-0.2, -0.15) is 5.10 Å². The lowest BCUT2D eigenvalue weighted by Crippen LogP contribution is -2.23. The minimum Gasteiger partial charge on any atom is -0.462 e. The number of amides is 1. The van der Waals surface area contributed by atoms with Gasteiger partial charge >= 0.3 is 0 Å². The van der Waals surface area contributed by atoms with Crippen molar-refractivity contribution < 1.29 is 9.21 Å². The Kier molecular flexibility index (Phi) is 3.85. The minimum absolute atomic E-state index is 0.0714. The van der Waals surface area contributed by atoms with Crippen LogP contribution in [-0.4, -0.2) is 27.6 Å². The molecule has 0 aliphatic carbocycles. The van der Waals surface area contributed by atoms with Crippen LogP contribution in [-0.2, 0) is 18.4 Å². The highest BCUT2D eigenvalue weighted by Gasteiger charge is 2.07. The number of furan rings is 1. The van der Waals surface area contributed by atoms with Crippen LogP contribution in [0, 0.1) is 6.92 Å². The third-order valence-corrected chi connectivity index (χ3v) is 2.71. The van der Waals surface area contributed by atoms with E-state index in [0.29, 0.717) is 12.3 Å². The number of hydrogen-bond acceptors (Lipinski definition) is 3. The average molecular weight is 259 g/mol. The molecule has 19 heavy (non-hydrogen) atoms. The Morgan fingerprint density at radius 3 is 2.89 bits per heavy atom. The van der Waals surface area contributed by atoms with Gasteiger partial charge in [0.25, 0.3) is 0 Å². The molecular formula is C14H17N3O2. The first-order valence-electron chi connectivity index (χ1n) is 6.02. The van der Waals surface area contributed by atoms with Crippen molar-refractivity contribution in [1.29, 1.82) is 0 Å². The predicted molar refractivity (Wildman–Crippen MR) is 72.2 cm³/mol. The topological polar surface area (TPSA) is 51.3 Å². The van der Waals surface area contributed by atoms with Gasteiger partial charge in [0.2, 0.25) is 5.91 Å². The summed E-state index contributed by atoms with van der Waals surface area (Å²) < 4.78 is 7.08. The fourth-order valence-corrected chi connectivity index (χ4v) is 1.73. The number of aromatic nitrogens is 2. The van der Waals surface area contributed by atoms with Crippen molar-refractivity contribution in [3.8, 4) is 0 Å². The number of carbonyl (C=O) groups is 1. The lowest BCUT2D eigenvalue weighted by Gasteiger charge is -2.13. The summed E-state index contributed by atoms with van der Waals surface area (Å²) in [6.07, 6.45) is 6.83. The van der Waals surface area contributed by atoms with E-state index in [1.54, 1.807) is 28.9 Å². The van der Waals surface area contributed by atoms with Crippen molar-refractivity contribution >= 4 is 12.0 Å². The summed E-state index contributed by atoms with van der Waals surface area (Å²) in [7, 11) is 3.61. The zero-order valence-electron chi connectivity index (χ0n) is 11.3. The lowest BCUT2D eigenvalue weighted by atomic mass is 10.3. The van der Waals surface area contributed by atoms with E-state index >= 15 is 0 Å². The van der Waals surface area contributed by atoms with Crippen molar-refractivity contribution in [1.82, 2.24) is 14.7 Å². The van der Waals surface area contributed by atoms with Gasteiger partial charge in [-0.25, -0.2) is 0 Å². The van der Waals surface area contributed by atoms with Gasteiger partial charge in [-0.15, -0.1) is 0 Å². The van der Waals surface area contributed by atoms with Gasteiger partial charge < -0.3 is 9.32 Å². The molecule has 0 bridgehead atoms. The number of hydrogen-bond donors (Lipinski definition) is 0. The van der Waals surface area contributed by atoms with E-state index in [4.69, 9.17) is 4.42 Å². The Morgan fingerprint density at radius 2 is 2.32 bits per heavy atom. The second-order valence-electron chi connectivity index (χ2n) is 4.50. The number of carbonyl (C=O) groups excluding carboxylic acids is 1. The average Bonchev–Trinajstić information content (AvgIpc) is 2.95. The molecule has 2 aromatic rings. The normalized spacial score (nSPS) is 11.1. The smallest absolute Gasteiger partial charge is 0.246 e. The van der Waals surface area contributed by atoms with Crippen LogP contribution in [0.5, 0.6) is 0 Å². The highest BCUT2D eigenvalue weighted by atomic mass is 16.3. The second-order valence-corrected chi connectivity index (χ2v) is 4.50. The molecule has 5 heteroatoms. The summed E-state index contributed by atoms with van der Waals surface area (Å²) in [5, 5.41) is 4.07. The Balaban J connectivity index is 1.94. The molecule has 5 nitrogen and oxygen atoms in total. The fourth-order valence-electron chi connectivity index (χ4n) is 1.73. The molecule has 100 valence electrons. The lowest BCUT2D eigenvalue weighted by molar-refractivity contribution is -0.125. The number of rotatable bonds is 4. The molecule has 0 fully saturated rings. The summed E-state index contributed by atoms with van der Waals surface area (Å²) in [6.45, 7) is 2.40. The summed E-state index contributed by atoms with van der Waals surface area (Å²) in [5.41, 5.74) is 1.00. The van der Waals surface area contributed by atoms with E-state index in [-0.39, 0.29) is 5.91 Å². The highest BCUT2D eigenvalue weighted by Crippen LogP contribution is 2.08. The molecule has 0 radical (unpaired) electrons. The number of nitrogens with zero attached hydrogens (tertiary/aromatic N) is 3. The Labute approximate surface area is 112 Å². The van der Waals surface area contributed by atoms with E-state index in [1.165, 1.54) is 6.08 Å². The first-order chi connectivity index (χ1) is 9.04.